The summed E-state index contributed by atoms with van der Waals surface area (Å²) < 4.78 is 6.96. The Hall–Kier alpha value is -7.86. The number of aromatic nitrogens is 3. The molecule has 0 N–H and O–H groups in total. The molecule has 0 aliphatic heterocycles. The van der Waals surface area contributed by atoms with Gasteiger partial charge in [-0.1, -0.05) is 109 Å². The van der Waals surface area contributed by atoms with E-state index >= 15 is 0 Å². The van der Waals surface area contributed by atoms with Crippen LogP contribution in [0.1, 0.15) is 5.56 Å². The highest BCUT2D eigenvalue weighted by Gasteiger charge is 2.21. The highest BCUT2D eigenvalue weighted by molar-refractivity contribution is 6.17. The van der Waals surface area contributed by atoms with Gasteiger partial charge in [0, 0.05) is 43.7 Å². The van der Waals surface area contributed by atoms with Crippen LogP contribution in [0.5, 0.6) is 0 Å². The minimum atomic E-state index is 0.598. The molecule has 5 nitrogen and oxygen atoms in total. The first-order valence-electron chi connectivity index (χ1n) is 18.3. The molecule has 3 heterocycles. The largest absolute Gasteiger partial charge is 0.311 e. The molecule has 11 rings (SSSR count). The normalized spacial score (nSPS) is 11.6. The van der Waals surface area contributed by atoms with Crippen LogP contribution in [0.3, 0.4) is 0 Å². The van der Waals surface area contributed by atoms with Crippen LogP contribution < -0.4 is 0 Å². The fraction of sp³-hybridized carbons (Fsp3) is 0. The second-order valence-corrected chi connectivity index (χ2v) is 13.9. The lowest BCUT2D eigenvalue weighted by molar-refractivity contribution is 1.16. The Kier molecular flexibility index (Phi) is 6.61. The van der Waals surface area contributed by atoms with Crippen molar-refractivity contribution in [2.24, 2.45) is 0 Å². The maximum Gasteiger partial charge on any atom is 0.197 e. The molecule has 0 aliphatic carbocycles. The number of hydrogen-bond donors (Lipinski definition) is 0. The molecule has 11 aromatic rings. The minimum Gasteiger partial charge on any atom is -0.311 e. The molecular weight excluding hydrogens is 671 g/mol. The Morgan fingerprint density at radius 2 is 0.945 bits per heavy atom. The first-order chi connectivity index (χ1) is 27.2. The summed E-state index contributed by atoms with van der Waals surface area (Å²) in [5, 5.41) is 17.0. The van der Waals surface area contributed by atoms with Gasteiger partial charge in [-0.15, -0.1) is 0 Å². The SMILES string of the molecule is [C-]#[N+]c1cccc2c1c1ccccc1n2-c1ccc(-c2ccc(C#N)cc2-n2c3ccccc3c3c(-n4c5ccccc5c5ccccc54)cccc32)cc1. The summed E-state index contributed by atoms with van der Waals surface area (Å²) in [7, 11) is 0. The first-order valence-corrected chi connectivity index (χ1v) is 18.3. The third-order valence-electron chi connectivity index (χ3n) is 11.1. The number of benzene rings is 8. The van der Waals surface area contributed by atoms with Crippen molar-refractivity contribution in [3.63, 3.8) is 0 Å². The monoisotopic (exact) mass is 699 g/mol. The predicted molar refractivity (Wildman–Crippen MR) is 226 cm³/mol. The maximum atomic E-state index is 10.2. The van der Waals surface area contributed by atoms with E-state index in [1.165, 1.54) is 10.8 Å². The van der Waals surface area contributed by atoms with Crippen LogP contribution in [0, 0.1) is 17.9 Å². The number of hydrogen-bond acceptors (Lipinski definition) is 1. The second kappa shape index (κ2) is 11.8. The van der Waals surface area contributed by atoms with Crippen LogP contribution in [-0.4, -0.2) is 13.7 Å². The summed E-state index contributed by atoms with van der Waals surface area (Å²) in [6.07, 6.45) is 0. The van der Waals surface area contributed by atoms with Crippen molar-refractivity contribution in [2.45, 2.75) is 0 Å². The van der Waals surface area contributed by atoms with Gasteiger partial charge in [-0.25, -0.2) is 4.85 Å². The molecule has 0 amide bonds. The smallest absolute Gasteiger partial charge is 0.197 e. The van der Waals surface area contributed by atoms with Crippen LogP contribution >= 0.6 is 0 Å². The van der Waals surface area contributed by atoms with Gasteiger partial charge in [0.25, 0.3) is 0 Å². The molecule has 55 heavy (non-hydrogen) atoms. The molecule has 3 aromatic heterocycles. The van der Waals surface area contributed by atoms with Gasteiger partial charge in [0.2, 0.25) is 0 Å². The molecule has 0 saturated carbocycles. The van der Waals surface area contributed by atoms with E-state index in [4.69, 9.17) is 6.57 Å². The molecule has 0 radical (unpaired) electrons. The maximum absolute atomic E-state index is 10.2. The summed E-state index contributed by atoms with van der Waals surface area (Å²) in [4.78, 5) is 3.86. The number of para-hydroxylation sites is 4. The van der Waals surface area contributed by atoms with Crippen LogP contribution in [0.15, 0.2) is 176 Å². The Morgan fingerprint density at radius 3 is 1.58 bits per heavy atom. The lowest BCUT2D eigenvalue weighted by atomic mass is 10.0. The molecule has 0 unspecified atom stereocenters. The van der Waals surface area contributed by atoms with E-state index in [0.717, 1.165) is 82.8 Å². The minimum absolute atomic E-state index is 0.598. The van der Waals surface area contributed by atoms with Crippen LogP contribution in [-0.2, 0) is 0 Å². The van der Waals surface area contributed by atoms with Gasteiger partial charge in [-0.3, -0.25) is 0 Å². The lowest BCUT2D eigenvalue weighted by Gasteiger charge is -2.16. The number of nitrogens with zero attached hydrogens (tertiary/aromatic N) is 5. The van der Waals surface area contributed by atoms with Crippen molar-refractivity contribution in [3.05, 3.63) is 193 Å². The summed E-state index contributed by atoms with van der Waals surface area (Å²) >= 11 is 0. The zero-order chi connectivity index (χ0) is 36.6. The van der Waals surface area contributed by atoms with Gasteiger partial charge in [0.1, 0.15) is 0 Å². The van der Waals surface area contributed by atoms with Crippen molar-refractivity contribution in [2.75, 3.05) is 0 Å². The molecule has 5 heteroatoms. The van der Waals surface area contributed by atoms with E-state index in [-0.39, 0.29) is 0 Å². The zero-order valence-corrected chi connectivity index (χ0v) is 29.5. The number of fused-ring (bicyclic) bond motifs is 9. The Morgan fingerprint density at radius 1 is 0.436 bits per heavy atom. The Bertz CT molecular complexity index is 3400. The number of rotatable bonds is 4. The molecule has 0 aliphatic rings. The third kappa shape index (κ3) is 4.39. The molecular formula is C50H29N5. The summed E-state index contributed by atoms with van der Waals surface area (Å²) in [6, 6.07) is 63.6. The number of nitriles is 1. The van der Waals surface area contributed by atoms with Gasteiger partial charge in [-0.2, -0.15) is 5.26 Å². The van der Waals surface area contributed by atoms with Crippen molar-refractivity contribution < 1.29 is 0 Å². The van der Waals surface area contributed by atoms with Crippen molar-refractivity contribution in [1.82, 2.24) is 13.7 Å². The quantitative estimate of drug-likeness (QED) is 0.169. The standard InChI is InChI=1S/C50H29N5/c1-52-40-16-10-21-45-49(40)38-14-4-8-19-43(38)53(45)34-27-25-33(26-28-34)35-29-24-32(31-51)30-48(35)55-44-20-9-5-15-39(44)50-46(22-11-23-47(50)55)54-41-17-6-2-12-36(41)37-13-3-7-18-42(37)54/h2-30H. The topological polar surface area (TPSA) is 42.9 Å². The molecule has 0 fully saturated rings. The lowest BCUT2D eigenvalue weighted by Crippen LogP contribution is -2.00. The van der Waals surface area contributed by atoms with E-state index in [9.17, 15) is 5.26 Å². The summed E-state index contributed by atoms with van der Waals surface area (Å²) in [5.41, 5.74) is 12.9. The molecule has 8 aromatic carbocycles. The molecule has 0 spiro atoms. The predicted octanol–water partition coefficient (Wildman–Crippen LogP) is 13.1. The van der Waals surface area contributed by atoms with Crippen molar-refractivity contribution >= 4 is 71.1 Å². The van der Waals surface area contributed by atoms with E-state index in [2.05, 4.69) is 164 Å². The van der Waals surface area contributed by atoms with Gasteiger partial charge < -0.3 is 13.7 Å². The first kappa shape index (κ1) is 30.7. The average Bonchev–Trinajstić information content (AvgIpc) is 3.89. The molecule has 0 saturated heterocycles. The fourth-order valence-corrected chi connectivity index (χ4v) is 8.82. The van der Waals surface area contributed by atoms with Crippen molar-refractivity contribution in [3.8, 4) is 34.3 Å². The average molecular weight is 700 g/mol. The van der Waals surface area contributed by atoms with Gasteiger partial charge in [0.15, 0.2) is 5.69 Å². The highest BCUT2D eigenvalue weighted by atomic mass is 15.0. The molecule has 0 bridgehead atoms. The van der Waals surface area contributed by atoms with E-state index in [1.807, 2.05) is 36.4 Å². The van der Waals surface area contributed by atoms with E-state index < -0.39 is 0 Å². The van der Waals surface area contributed by atoms with Crippen LogP contribution in [0.4, 0.5) is 5.69 Å². The Labute approximate surface area is 316 Å². The van der Waals surface area contributed by atoms with E-state index in [0.29, 0.717) is 11.3 Å². The van der Waals surface area contributed by atoms with Gasteiger partial charge >= 0.3 is 0 Å². The summed E-state index contributed by atoms with van der Waals surface area (Å²) in [5.74, 6) is 0. The Balaban J connectivity index is 1.14. The van der Waals surface area contributed by atoms with Crippen molar-refractivity contribution in [1.29, 1.82) is 5.26 Å². The summed E-state index contributed by atoms with van der Waals surface area (Å²) in [6.45, 7) is 7.85. The highest BCUT2D eigenvalue weighted by Crippen LogP contribution is 2.42. The van der Waals surface area contributed by atoms with Gasteiger partial charge in [0.05, 0.1) is 57.2 Å². The molecule has 0 atom stereocenters. The third-order valence-corrected chi connectivity index (χ3v) is 11.1. The molecule has 254 valence electrons. The second-order valence-electron chi connectivity index (χ2n) is 13.9. The fourth-order valence-electron chi connectivity index (χ4n) is 8.82. The van der Waals surface area contributed by atoms with Gasteiger partial charge in [-0.05, 0) is 77.7 Å². The zero-order valence-electron chi connectivity index (χ0n) is 29.5. The van der Waals surface area contributed by atoms with Crippen LogP contribution in [0.2, 0.25) is 0 Å². The van der Waals surface area contributed by atoms with E-state index in [1.54, 1.807) is 0 Å². The van der Waals surface area contributed by atoms with Crippen LogP contribution in [0.25, 0.3) is 98.5 Å².